The van der Waals surface area contributed by atoms with E-state index in [1.54, 1.807) is 0 Å². The topological polar surface area (TPSA) is 41.6 Å². The quantitative estimate of drug-likeness (QED) is 0.909. The normalized spacial score (nSPS) is 19.3. The molecule has 0 saturated carbocycles. The number of hydrogen-bond donors (Lipinski definition) is 1. The Morgan fingerprint density at radius 3 is 2.55 bits per heavy atom. The first kappa shape index (κ1) is 15.1. The lowest BCUT2D eigenvalue weighted by Gasteiger charge is -2.42. The van der Waals surface area contributed by atoms with Gasteiger partial charge in [-0.3, -0.25) is 4.79 Å². The Morgan fingerprint density at radius 1 is 1.32 bits per heavy atom. The summed E-state index contributed by atoms with van der Waals surface area (Å²) in [7, 11) is 0. The first-order valence-electron chi connectivity index (χ1n) is 8.02. The highest BCUT2D eigenvalue weighted by Gasteiger charge is 2.41. The van der Waals surface area contributed by atoms with E-state index in [2.05, 4.69) is 60.6 Å². The highest BCUT2D eigenvalue weighted by molar-refractivity contribution is 5.77. The van der Waals surface area contributed by atoms with Gasteiger partial charge in [-0.05, 0) is 30.0 Å². The van der Waals surface area contributed by atoms with Gasteiger partial charge in [-0.25, -0.2) is 0 Å². The van der Waals surface area contributed by atoms with Gasteiger partial charge in [0.1, 0.15) is 5.54 Å². The summed E-state index contributed by atoms with van der Waals surface area (Å²) in [6.07, 6.45) is 5.96. The van der Waals surface area contributed by atoms with Gasteiger partial charge in [-0.2, -0.15) is 0 Å². The number of carbonyl (C=O) groups is 1. The lowest BCUT2D eigenvalue weighted by atomic mass is 9.87. The summed E-state index contributed by atoms with van der Waals surface area (Å²) < 4.78 is 5.39. The van der Waals surface area contributed by atoms with E-state index in [0.717, 1.165) is 18.5 Å². The van der Waals surface area contributed by atoms with Gasteiger partial charge in [-0.15, -0.1) is 0 Å². The predicted octanol–water partition coefficient (Wildman–Crippen LogP) is 2.80. The van der Waals surface area contributed by atoms with Gasteiger partial charge in [0.25, 0.3) is 0 Å². The minimum Gasteiger partial charge on any atom is -0.376 e. The molecule has 0 spiro atoms. The van der Waals surface area contributed by atoms with E-state index in [4.69, 9.17) is 4.74 Å². The average Bonchev–Trinajstić information content (AvgIpc) is 2.96. The van der Waals surface area contributed by atoms with Gasteiger partial charge in [0.05, 0.1) is 13.2 Å². The van der Waals surface area contributed by atoms with Crippen molar-refractivity contribution in [2.24, 2.45) is 5.92 Å². The Morgan fingerprint density at radius 2 is 2.05 bits per heavy atom. The summed E-state index contributed by atoms with van der Waals surface area (Å²) in [6.45, 7) is 6.27. The molecule has 1 fully saturated rings. The molecule has 22 heavy (non-hydrogen) atoms. The Balaban J connectivity index is 1.72. The lowest BCUT2D eigenvalue weighted by molar-refractivity contribution is -0.134. The fraction of sp³-hybridized carbons (Fsp3) is 0.500. The Kier molecular flexibility index (Phi) is 4.21. The number of benzene rings is 1. The zero-order valence-corrected chi connectivity index (χ0v) is 13.3. The second-order valence-corrected chi connectivity index (χ2v) is 6.63. The van der Waals surface area contributed by atoms with Crippen molar-refractivity contribution in [2.75, 3.05) is 24.7 Å². The molecule has 3 rings (SSSR count). The molecule has 1 N–H and O–H groups in total. The van der Waals surface area contributed by atoms with E-state index in [1.165, 1.54) is 5.69 Å². The molecule has 0 aliphatic carbocycles. The second-order valence-electron chi connectivity index (χ2n) is 6.63. The molecule has 0 unspecified atom stereocenters. The van der Waals surface area contributed by atoms with Crippen LogP contribution in [0.2, 0.25) is 0 Å². The molecule has 0 aromatic heterocycles. The average molecular weight is 300 g/mol. The van der Waals surface area contributed by atoms with Crippen LogP contribution in [-0.2, 0) is 15.1 Å². The summed E-state index contributed by atoms with van der Waals surface area (Å²) in [5.74, 6) is 0.465. The van der Waals surface area contributed by atoms with Crippen molar-refractivity contribution >= 4 is 11.6 Å². The fourth-order valence-electron chi connectivity index (χ4n) is 2.98. The van der Waals surface area contributed by atoms with Crippen LogP contribution in [0.1, 0.15) is 32.3 Å². The number of anilines is 1. The summed E-state index contributed by atoms with van der Waals surface area (Å²) in [6, 6.07) is 8.47. The van der Waals surface area contributed by atoms with Crippen LogP contribution in [0.5, 0.6) is 0 Å². The maximum absolute atomic E-state index is 12.1. The lowest BCUT2D eigenvalue weighted by Crippen LogP contribution is -2.59. The number of nitrogens with one attached hydrogen (secondary N) is 1. The van der Waals surface area contributed by atoms with Crippen molar-refractivity contribution in [3.63, 3.8) is 0 Å². The van der Waals surface area contributed by atoms with Gasteiger partial charge in [0.2, 0.25) is 5.91 Å². The second kappa shape index (κ2) is 6.13. The maximum Gasteiger partial charge on any atom is 0.221 e. The van der Waals surface area contributed by atoms with Gasteiger partial charge in [0.15, 0.2) is 0 Å². The fourth-order valence-corrected chi connectivity index (χ4v) is 2.98. The highest BCUT2D eigenvalue weighted by Crippen LogP contribution is 2.31. The molecule has 0 radical (unpaired) electrons. The van der Waals surface area contributed by atoms with Crippen LogP contribution >= 0.6 is 0 Å². The molecule has 1 aromatic rings. The van der Waals surface area contributed by atoms with Crippen LogP contribution in [-0.4, -0.2) is 25.7 Å². The molecular formula is C18H24N2O2. The number of nitrogens with zero attached hydrogens (tertiary/aromatic N) is 1. The van der Waals surface area contributed by atoms with Gasteiger partial charge < -0.3 is 15.0 Å². The molecule has 1 aromatic carbocycles. The number of carbonyl (C=O) groups excluding carboxylic acids is 1. The maximum atomic E-state index is 12.1. The summed E-state index contributed by atoms with van der Waals surface area (Å²) in [4.78, 5) is 14.4. The molecule has 2 aliphatic heterocycles. The van der Waals surface area contributed by atoms with Crippen LogP contribution in [0.3, 0.4) is 0 Å². The third-order valence-corrected chi connectivity index (χ3v) is 4.24. The van der Waals surface area contributed by atoms with Gasteiger partial charge >= 0.3 is 0 Å². The number of hydrogen-bond acceptors (Lipinski definition) is 3. The minimum atomic E-state index is -0.342. The van der Waals surface area contributed by atoms with Gasteiger partial charge in [0, 0.05) is 24.9 Å². The molecule has 4 heteroatoms. The molecular weight excluding hydrogens is 276 g/mol. The first-order chi connectivity index (χ1) is 10.6. The van der Waals surface area contributed by atoms with Crippen LogP contribution < -0.4 is 10.2 Å². The summed E-state index contributed by atoms with van der Waals surface area (Å²) in [5, 5.41) is 3.17. The molecule has 2 aliphatic rings. The highest BCUT2D eigenvalue weighted by atomic mass is 16.5. The Labute approximate surface area is 132 Å². The minimum absolute atomic E-state index is 0.102. The van der Waals surface area contributed by atoms with Crippen LogP contribution in [0.4, 0.5) is 5.69 Å². The SMILES string of the molecule is CC(C)CC(=O)NC1(c2ccc(N3C=CCC3)cc2)COC1. The Bertz CT molecular complexity index is 559. The van der Waals surface area contributed by atoms with Crippen molar-refractivity contribution in [2.45, 2.75) is 32.2 Å². The number of amides is 1. The molecule has 2 heterocycles. The zero-order valence-electron chi connectivity index (χ0n) is 13.3. The third-order valence-electron chi connectivity index (χ3n) is 4.24. The van der Waals surface area contributed by atoms with E-state index >= 15 is 0 Å². The zero-order chi connectivity index (χ0) is 15.6. The van der Waals surface area contributed by atoms with E-state index in [9.17, 15) is 4.79 Å². The van der Waals surface area contributed by atoms with E-state index in [0.29, 0.717) is 25.6 Å². The van der Waals surface area contributed by atoms with Crippen molar-refractivity contribution in [1.29, 1.82) is 0 Å². The summed E-state index contributed by atoms with van der Waals surface area (Å²) in [5.41, 5.74) is 1.98. The van der Waals surface area contributed by atoms with E-state index in [-0.39, 0.29) is 11.4 Å². The molecule has 1 saturated heterocycles. The molecule has 1 amide bonds. The number of ether oxygens (including phenoxy) is 1. The monoisotopic (exact) mass is 300 g/mol. The van der Waals surface area contributed by atoms with Crippen LogP contribution in [0, 0.1) is 5.92 Å². The van der Waals surface area contributed by atoms with Crippen LogP contribution in [0.15, 0.2) is 36.5 Å². The molecule has 4 nitrogen and oxygen atoms in total. The smallest absolute Gasteiger partial charge is 0.221 e. The van der Waals surface area contributed by atoms with Crippen molar-refractivity contribution in [3.8, 4) is 0 Å². The third kappa shape index (κ3) is 3.02. The largest absolute Gasteiger partial charge is 0.376 e. The molecule has 0 atom stereocenters. The first-order valence-corrected chi connectivity index (χ1v) is 8.02. The van der Waals surface area contributed by atoms with Crippen molar-refractivity contribution in [1.82, 2.24) is 5.32 Å². The Hall–Kier alpha value is -1.81. The van der Waals surface area contributed by atoms with E-state index in [1.807, 2.05) is 0 Å². The van der Waals surface area contributed by atoms with Crippen molar-refractivity contribution < 1.29 is 9.53 Å². The predicted molar refractivity (Wildman–Crippen MR) is 87.6 cm³/mol. The van der Waals surface area contributed by atoms with Crippen molar-refractivity contribution in [3.05, 3.63) is 42.1 Å². The van der Waals surface area contributed by atoms with E-state index < -0.39 is 0 Å². The molecule has 118 valence electrons. The van der Waals surface area contributed by atoms with Gasteiger partial charge in [-0.1, -0.05) is 32.1 Å². The standard InChI is InChI=1S/C18H24N2O2/c1-14(2)11-17(21)19-18(12-22-13-18)15-5-7-16(8-6-15)20-9-3-4-10-20/h3,5-9,14H,4,10-13H2,1-2H3,(H,19,21). The summed E-state index contributed by atoms with van der Waals surface area (Å²) >= 11 is 0. The number of rotatable bonds is 5. The van der Waals surface area contributed by atoms with Crippen LogP contribution in [0.25, 0.3) is 0 Å². The molecule has 0 bridgehead atoms.